The average molecular weight is 402 g/mol. The number of non-ortho nitro benzene ring substituents is 1. The van der Waals surface area contributed by atoms with Gasteiger partial charge in [0, 0.05) is 25.1 Å². The van der Waals surface area contributed by atoms with Crippen LogP contribution in [-0.4, -0.2) is 26.5 Å². The average Bonchev–Trinajstić information content (AvgIpc) is 2.59. The highest BCUT2D eigenvalue weighted by Gasteiger charge is 2.33. The lowest BCUT2D eigenvalue weighted by Crippen LogP contribution is -2.34. The van der Waals surface area contributed by atoms with Crippen molar-refractivity contribution in [2.75, 3.05) is 17.5 Å². The first kappa shape index (κ1) is 19.0. The van der Waals surface area contributed by atoms with Crippen LogP contribution in [0.1, 0.15) is 12.0 Å². The highest BCUT2D eigenvalue weighted by atomic mass is 32.2. The Labute approximate surface area is 152 Å². The van der Waals surface area contributed by atoms with Gasteiger partial charge in [0.25, 0.3) is 15.7 Å². The summed E-state index contributed by atoms with van der Waals surface area (Å²) < 4.78 is 70.6. The van der Waals surface area contributed by atoms with Crippen LogP contribution in [0.2, 0.25) is 0 Å². The van der Waals surface area contributed by atoms with E-state index in [2.05, 4.69) is 0 Å². The van der Waals surface area contributed by atoms with E-state index in [1.165, 1.54) is 6.07 Å². The Morgan fingerprint density at radius 3 is 2.37 bits per heavy atom. The van der Waals surface area contributed by atoms with E-state index in [0.29, 0.717) is 0 Å². The van der Waals surface area contributed by atoms with E-state index < -0.39 is 37.3 Å². The fraction of sp³-hybridized carbons (Fsp3) is 0.250. The van der Waals surface area contributed by atoms with Crippen molar-refractivity contribution in [2.24, 2.45) is 0 Å². The second-order valence-electron chi connectivity index (χ2n) is 5.71. The van der Waals surface area contributed by atoms with E-state index in [9.17, 15) is 31.7 Å². The summed E-state index contributed by atoms with van der Waals surface area (Å²) in [5, 5.41) is 11.0. The molecule has 0 amide bonds. The molecule has 0 fully saturated rings. The van der Waals surface area contributed by atoms with Crippen LogP contribution in [-0.2, 0) is 16.2 Å². The minimum Gasteiger partial charge on any atom is -0.492 e. The molecule has 1 heterocycles. The monoisotopic (exact) mass is 402 g/mol. The highest BCUT2D eigenvalue weighted by molar-refractivity contribution is 7.93. The molecule has 0 atom stereocenters. The van der Waals surface area contributed by atoms with E-state index in [0.717, 1.165) is 40.7 Å². The first-order chi connectivity index (χ1) is 12.6. The number of ether oxygens (including phenoxy) is 1. The Morgan fingerprint density at radius 1 is 1.11 bits per heavy atom. The summed E-state index contributed by atoms with van der Waals surface area (Å²) in [5.74, 6) is -0.0442. The summed E-state index contributed by atoms with van der Waals surface area (Å²) >= 11 is 0. The molecule has 0 unspecified atom stereocenters. The number of nitro groups is 1. The first-order valence-corrected chi connectivity index (χ1v) is 9.16. The number of rotatable bonds is 2. The predicted octanol–water partition coefficient (Wildman–Crippen LogP) is 3.59. The molecule has 0 radical (unpaired) electrons. The minimum atomic E-state index is -4.55. The molecule has 0 bridgehead atoms. The highest BCUT2D eigenvalue weighted by Crippen LogP contribution is 2.36. The third-order valence-electron chi connectivity index (χ3n) is 3.95. The summed E-state index contributed by atoms with van der Waals surface area (Å²) in [4.78, 5) is 9.84. The van der Waals surface area contributed by atoms with Crippen LogP contribution in [0.3, 0.4) is 0 Å². The smallest absolute Gasteiger partial charge is 0.416 e. The molecule has 0 N–H and O–H groups in total. The number of fused-ring (bicyclic) bond motifs is 1. The molecule has 3 rings (SSSR count). The summed E-state index contributed by atoms with van der Waals surface area (Å²) in [5.41, 5.74) is -1.31. The van der Waals surface area contributed by atoms with Gasteiger partial charge in [0.2, 0.25) is 0 Å². The molecular formula is C16H13F3N2O5S. The molecule has 2 aromatic carbocycles. The Bertz CT molecular complexity index is 975. The van der Waals surface area contributed by atoms with Crippen molar-refractivity contribution in [1.29, 1.82) is 0 Å². The number of halogens is 3. The van der Waals surface area contributed by atoms with Crippen molar-refractivity contribution < 1.29 is 31.2 Å². The van der Waals surface area contributed by atoms with Gasteiger partial charge in [0.1, 0.15) is 10.6 Å². The van der Waals surface area contributed by atoms with Crippen molar-refractivity contribution in [2.45, 2.75) is 17.5 Å². The van der Waals surface area contributed by atoms with Gasteiger partial charge >= 0.3 is 6.18 Å². The molecule has 0 saturated heterocycles. The number of benzene rings is 2. The van der Waals surface area contributed by atoms with Gasteiger partial charge in [-0.05, 0) is 30.3 Å². The first-order valence-electron chi connectivity index (χ1n) is 7.72. The Hall–Kier alpha value is -2.82. The van der Waals surface area contributed by atoms with Crippen molar-refractivity contribution >= 4 is 21.4 Å². The molecule has 1 aliphatic heterocycles. The molecule has 2 aromatic rings. The predicted molar refractivity (Wildman–Crippen MR) is 89.2 cm³/mol. The second kappa shape index (κ2) is 6.72. The lowest BCUT2D eigenvalue weighted by atomic mass is 10.2. The molecule has 0 aliphatic carbocycles. The second-order valence-corrected chi connectivity index (χ2v) is 7.54. The van der Waals surface area contributed by atoms with Gasteiger partial charge in [-0.15, -0.1) is 0 Å². The fourth-order valence-electron chi connectivity index (χ4n) is 2.64. The van der Waals surface area contributed by atoms with Gasteiger partial charge in [-0.3, -0.25) is 14.4 Å². The third kappa shape index (κ3) is 3.68. The van der Waals surface area contributed by atoms with Crippen LogP contribution in [0.25, 0.3) is 0 Å². The van der Waals surface area contributed by atoms with Crippen molar-refractivity contribution in [3.05, 3.63) is 58.1 Å². The molecule has 7 nitrogen and oxygen atoms in total. The number of hydrogen-bond donors (Lipinski definition) is 0. The zero-order valence-corrected chi connectivity index (χ0v) is 14.5. The van der Waals surface area contributed by atoms with Gasteiger partial charge < -0.3 is 4.74 Å². The van der Waals surface area contributed by atoms with Crippen LogP contribution in [0, 0.1) is 10.1 Å². The van der Waals surface area contributed by atoms with Crippen LogP contribution in [0.15, 0.2) is 47.4 Å². The number of alkyl halides is 3. The number of anilines is 1. The number of sulfonamides is 1. The van der Waals surface area contributed by atoms with Gasteiger partial charge in [-0.25, -0.2) is 8.42 Å². The number of hydrogen-bond acceptors (Lipinski definition) is 5. The standard InChI is InChI=1S/C16H13F3N2O5S/c17-16(18,19)11-2-4-12(5-3-11)20-8-1-9-26-14-7-6-13(21(22)23)10-15(14)27(20,24)25/h2-7,10H,1,8-9H2. The summed E-state index contributed by atoms with van der Waals surface area (Å²) in [7, 11) is -4.28. The zero-order valence-electron chi connectivity index (χ0n) is 13.6. The van der Waals surface area contributed by atoms with Gasteiger partial charge in [0.05, 0.1) is 22.8 Å². The maximum absolute atomic E-state index is 13.0. The molecule has 27 heavy (non-hydrogen) atoms. The molecule has 144 valence electrons. The van der Waals surface area contributed by atoms with Crippen molar-refractivity contribution in [3.63, 3.8) is 0 Å². The lowest BCUT2D eigenvalue weighted by molar-refractivity contribution is -0.385. The minimum absolute atomic E-state index is 0.0300. The van der Waals surface area contributed by atoms with E-state index in [4.69, 9.17) is 4.74 Å². The molecule has 11 heteroatoms. The van der Waals surface area contributed by atoms with E-state index in [1.54, 1.807) is 0 Å². The van der Waals surface area contributed by atoms with E-state index in [-0.39, 0.29) is 31.0 Å². The SMILES string of the molecule is O=[N+]([O-])c1ccc2c(c1)S(=O)(=O)N(c1ccc(C(F)(F)F)cc1)CCCO2. The summed E-state index contributed by atoms with van der Waals surface area (Å²) in [6.45, 7) is 0.104. The Kier molecular flexibility index (Phi) is 4.72. The number of nitro benzene ring substituents is 1. The fourth-order valence-corrected chi connectivity index (χ4v) is 4.30. The third-order valence-corrected chi connectivity index (χ3v) is 5.80. The largest absolute Gasteiger partial charge is 0.492 e. The van der Waals surface area contributed by atoms with E-state index in [1.807, 2.05) is 0 Å². The van der Waals surface area contributed by atoms with Gasteiger partial charge in [-0.1, -0.05) is 0 Å². The molecule has 0 saturated carbocycles. The summed E-state index contributed by atoms with van der Waals surface area (Å²) in [6.07, 6.45) is -4.26. The topological polar surface area (TPSA) is 89.8 Å². The maximum Gasteiger partial charge on any atom is 0.416 e. The lowest BCUT2D eigenvalue weighted by Gasteiger charge is -2.28. The van der Waals surface area contributed by atoms with Gasteiger partial charge in [0.15, 0.2) is 0 Å². The normalized spacial score (nSPS) is 16.6. The van der Waals surface area contributed by atoms with Crippen molar-refractivity contribution in [1.82, 2.24) is 0 Å². The Balaban J connectivity index is 2.09. The number of nitrogens with zero attached hydrogens (tertiary/aromatic N) is 2. The molecule has 0 aromatic heterocycles. The molecular weight excluding hydrogens is 389 g/mol. The van der Waals surface area contributed by atoms with E-state index >= 15 is 0 Å². The summed E-state index contributed by atoms with van der Waals surface area (Å²) in [6, 6.07) is 6.88. The van der Waals surface area contributed by atoms with Crippen LogP contribution < -0.4 is 9.04 Å². The van der Waals surface area contributed by atoms with Crippen molar-refractivity contribution in [3.8, 4) is 5.75 Å². The Morgan fingerprint density at radius 2 is 1.78 bits per heavy atom. The van der Waals surface area contributed by atoms with Gasteiger partial charge in [-0.2, -0.15) is 13.2 Å². The van der Waals surface area contributed by atoms with Crippen LogP contribution >= 0.6 is 0 Å². The molecule has 0 spiro atoms. The quantitative estimate of drug-likeness (QED) is 0.566. The maximum atomic E-state index is 13.0. The van der Waals surface area contributed by atoms with Crippen LogP contribution in [0.4, 0.5) is 24.5 Å². The molecule has 1 aliphatic rings. The van der Waals surface area contributed by atoms with Crippen LogP contribution in [0.5, 0.6) is 5.75 Å². The zero-order chi connectivity index (χ0) is 19.8.